The van der Waals surface area contributed by atoms with Crippen molar-refractivity contribution in [1.29, 1.82) is 0 Å². The molecule has 0 bridgehead atoms. The van der Waals surface area contributed by atoms with Gasteiger partial charge >= 0.3 is 0 Å². The molecule has 4 heteroatoms. The summed E-state index contributed by atoms with van der Waals surface area (Å²) in [6.07, 6.45) is 6.52. The second kappa shape index (κ2) is 4.29. The van der Waals surface area contributed by atoms with Gasteiger partial charge in [0, 0.05) is 17.8 Å². The van der Waals surface area contributed by atoms with Gasteiger partial charge in [0.1, 0.15) is 5.82 Å². The number of anilines is 1. The Hall–Kier alpha value is -1.58. The maximum Gasteiger partial charge on any atom is 0.248 e. The summed E-state index contributed by atoms with van der Waals surface area (Å²) in [5.41, 5.74) is 5.70. The van der Waals surface area contributed by atoms with Gasteiger partial charge in [-0.2, -0.15) is 0 Å². The van der Waals surface area contributed by atoms with E-state index >= 15 is 0 Å². The SMILES string of the molecule is NC(=O)c1ccnc(NC2CCCC2)c1. The normalized spacial score (nSPS) is 16.5. The first-order chi connectivity index (χ1) is 7.25. The Morgan fingerprint density at radius 2 is 2.20 bits per heavy atom. The van der Waals surface area contributed by atoms with E-state index < -0.39 is 5.91 Å². The number of aromatic nitrogens is 1. The Morgan fingerprint density at radius 1 is 1.47 bits per heavy atom. The monoisotopic (exact) mass is 205 g/mol. The molecule has 0 aromatic carbocycles. The number of nitrogens with zero attached hydrogens (tertiary/aromatic N) is 1. The van der Waals surface area contributed by atoms with Crippen LogP contribution in [0.1, 0.15) is 36.0 Å². The van der Waals surface area contributed by atoms with Gasteiger partial charge in [-0.05, 0) is 25.0 Å². The van der Waals surface area contributed by atoms with Crippen LogP contribution in [0, 0.1) is 0 Å². The maximum atomic E-state index is 11.0. The van der Waals surface area contributed by atoms with Gasteiger partial charge in [-0.15, -0.1) is 0 Å². The summed E-state index contributed by atoms with van der Waals surface area (Å²) >= 11 is 0. The molecule has 0 atom stereocenters. The molecule has 15 heavy (non-hydrogen) atoms. The van der Waals surface area contributed by atoms with Crippen LogP contribution in [-0.2, 0) is 0 Å². The van der Waals surface area contributed by atoms with Crippen molar-refractivity contribution in [2.45, 2.75) is 31.7 Å². The Bertz CT molecular complexity index is 359. The quantitative estimate of drug-likeness (QED) is 0.786. The summed E-state index contributed by atoms with van der Waals surface area (Å²) < 4.78 is 0. The molecule has 1 aliphatic carbocycles. The lowest BCUT2D eigenvalue weighted by atomic mass is 10.2. The summed E-state index contributed by atoms with van der Waals surface area (Å²) in [7, 11) is 0. The predicted octanol–water partition coefficient (Wildman–Crippen LogP) is 1.53. The topological polar surface area (TPSA) is 68.0 Å². The zero-order chi connectivity index (χ0) is 10.7. The number of carbonyl (C=O) groups excluding carboxylic acids is 1. The van der Waals surface area contributed by atoms with Gasteiger partial charge in [0.25, 0.3) is 0 Å². The van der Waals surface area contributed by atoms with E-state index in [1.54, 1.807) is 18.3 Å². The molecule has 0 radical (unpaired) electrons. The van der Waals surface area contributed by atoms with Gasteiger partial charge in [0.2, 0.25) is 5.91 Å². The van der Waals surface area contributed by atoms with Crippen molar-refractivity contribution >= 4 is 11.7 Å². The molecule has 1 fully saturated rings. The van der Waals surface area contributed by atoms with Gasteiger partial charge in [0.15, 0.2) is 0 Å². The lowest BCUT2D eigenvalue weighted by Crippen LogP contribution is -2.17. The molecular formula is C11H15N3O. The summed E-state index contributed by atoms with van der Waals surface area (Å²) in [5, 5.41) is 3.32. The third-order valence-corrected chi connectivity index (χ3v) is 2.75. The molecule has 1 saturated carbocycles. The fourth-order valence-electron chi connectivity index (χ4n) is 1.94. The first-order valence-corrected chi connectivity index (χ1v) is 5.28. The third-order valence-electron chi connectivity index (χ3n) is 2.75. The molecular weight excluding hydrogens is 190 g/mol. The van der Waals surface area contributed by atoms with Gasteiger partial charge in [-0.25, -0.2) is 4.98 Å². The van der Waals surface area contributed by atoms with Crippen LogP contribution in [0.4, 0.5) is 5.82 Å². The van der Waals surface area contributed by atoms with E-state index in [1.165, 1.54) is 25.7 Å². The van der Waals surface area contributed by atoms with Gasteiger partial charge in [-0.1, -0.05) is 12.8 Å². The van der Waals surface area contributed by atoms with Crippen molar-refractivity contribution < 1.29 is 4.79 Å². The van der Waals surface area contributed by atoms with Crippen LogP contribution >= 0.6 is 0 Å². The number of nitrogens with two attached hydrogens (primary N) is 1. The lowest BCUT2D eigenvalue weighted by molar-refractivity contribution is 0.1000. The lowest BCUT2D eigenvalue weighted by Gasteiger charge is -2.12. The maximum absolute atomic E-state index is 11.0. The van der Waals surface area contributed by atoms with Crippen LogP contribution in [0.2, 0.25) is 0 Å². The molecule has 1 aromatic rings. The Balaban J connectivity index is 2.07. The zero-order valence-corrected chi connectivity index (χ0v) is 8.57. The molecule has 1 amide bonds. The molecule has 3 N–H and O–H groups in total. The van der Waals surface area contributed by atoms with E-state index in [4.69, 9.17) is 5.73 Å². The average molecular weight is 205 g/mol. The molecule has 2 rings (SSSR count). The highest BCUT2D eigenvalue weighted by Gasteiger charge is 2.15. The van der Waals surface area contributed by atoms with E-state index in [0.29, 0.717) is 11.6 Å². The minimum atomic E-state index is -0.410. The van der Waals surface area contributed by atoms with Gasteiger partial charge in [-0.3, -0.25) is 4.79 Å². The summed E-state index contributed by atoms with van der Waals surface area (Å²) in [6.45, 7) is 0. The van der Waals surface area contributed by atoms with Gasteiger partial charge in [0.05, 0.1) is 0 Å². The summed E-state index contributed by atoms with van der Waals surface area (Å²) in [6, 6.07) is 3.84. The molecule has 1 heterocycles. The molecule has 0 spiro atoms. The largest absolute Gasteiger partial charge is 0.367 e. The fraction of sp³-hybridized carbons (Fsp3) is 0.455. The summed E-state index contributed by atoms with van der Waals surface area (Å²) in [5.74, 6) is 0.338. The molecule has 1 aliphatic rings. The Kier molecular flexibility index (Phi) is 2.85. The highest BCUT2D eigenvalue weighted by atomic mass is 16.1. The van der Waals surface area contributed by atoms with Crippen molar-refractivity contribution in [2.24, 2.45) is 5.73 Å². The molecule has 0 aliphatic heterocycles. The van der Waals surface area contributed by atoms with Crippen molar-refractivity contribution in [3.8, 4) is 0 Å². The standard InChI is InChI=1S/C11H15N3O/c12-11(15)8-5-6-13-10(7-8)14-9-3-1-2-4-9/h5-7,9H,1-4H2,(H2,12,15)(H,13,14). The Morgan fingerprint density at radius 3 is 2.87 bits per heavy atom. The van der Waals surface area contributed by atoms with Crippen LogP contribution in [0.15, 0.2) is 18.3 Å². The number of pyridine rings is 1. The highest BCUT2D eigenvalue weighted by molar-refractivity contribution is 5.93. The predicted molar refractivity (Wildman–Crippen MR) is 58.6 cm³/mol. The second-order valence-electron chi connectivity index (χ2n) is 3.92. The second-order valence-corrected chi connectivity index (χ2v) is 3.92. The summed E-state index contributed by atoms with van der Waals surface area (Å²) in [4.78, 5) is 15.1. The minimum absolute atomic E-state index is 0.410. The average Bonchev–Trinajstić information content (AvgIpc) is 2.71. The van der Waals surface area contributed by atoms with E-state index in [1.807, 2.05) is 0 Å². The van der Waals surface area contributed by atoms with Crippen LogP contribution in [0.25, 0.3) is 0 Å². The number of primary amides is 1. The smallest absolute Gasteiger partial charge is 0.248 e. The number of hydrogen-bond acceptors (Lipinski definition) is 3. The van der Waals surface area contributed by atoms with Crippen LogP contribution < -0.4 is 11.1 Å². The number of rotatable bonds is 3. The van der Waals surface area contributed by atoms with E-state index in [-0.39, 0.29) is 0 Å². The number of carbonyl (C=O) groups is 1. The Labute approximate surface area is 88.9 Å². The molecule has 0 saturated heterocycles. The first-order valence-electron chi connectivity index (χ1n) is 5.28. The molecule has 0 unspecified atom stereocenters. The van der Waals surface area contributed by atoms with Crippen LogP contribution in [0.5, 0.6) is 0 Å². The first kappa shape index (κ1) is 9.96. The van der Waals surface area contributed by atoms with E-state index in [2.05, 4.69) is 10.3 Å². The molecule has 1 aromatic heterocycles. The van der Waals surface area contributed by atoms with E-state index in [0.717, 1.165) is 5.82 Å². The fourth-order valence-corrected chi connectivity index (χ4v) is 1.94. The molecule has 4 nitrogen and oxygen atoms in total. The van der Waals surface area contributed by atoms with Crippen molar-refractivity contribution in [1.82, 2.24) is 4.98 Å². The van der Waals surface area contributed by atoms with Crippen LogP contribution in [0.3, 0.4) is 0 Å². The van der Waals surface area contributed by atoms with Crippen molar-refractivity contribution in [3.05, 3.63) is 23.9 Å². The minimum Gasteiger partial charge on any atom is -0.367 e. The van der Waals surface area contributed by atoms with Crippen molar-refractivity contribution in [2.75, 3.05) is 5.32 Å². The highest BCUT2D eigenvalue weighted by Crippen LogP contribution is 2.21. The van der Waals surface area contributed by atoms with Gasteiger partial charge < -0.3 is 11.1 Å². The molecule has 80 valence electrons. The van der Waals surface area contributed by atoms with Crippen LogP contribution in [-0.4, -0.2) is 16.9 Å². The van der Waals surface area contributed by atoms with E-state index in [9.17, 15) is 4.79 Å². The number of amides is 1. The number of nitrogens with one attached hydrogen (secondary N) is 1. The zero-order valence-electron chi connectivity index (χ0n) is 8.57. The number of hydrogen-bond donors (Lipinski definition) is 2. The van der Waals surface area contributed by atoms with Crippen molar-refractivity contribution in [3.63, 3.8) is 0 Å². The third kappa shape index (κ3) is 2.46.